The molecule has 8 heteroatoms. The molecule has 2 aromatic carbocycles. The predicted molar refractivity (Wildman–Crippen MR) is 133 cm³/mol. The lowest BCUT2D eigenvalue weighted by Gasteiger charge is -2.18. The third-order valence-corrected chi connectivity index (χ3v) is 6.27. The van der Waals surface area contributed by atoms with Gasteiger partial charge in [0.15, 0.2) is 5.69 Å². The molecule has 1 amide bonds. The fourth-order valence-electron chi connectivity index (χ4n) is 4.25. The molecule has 0 bridgehead atoms. The molecule has 1 atom stereocenters. The van der Waals surface area contributed by atoms with Crippen molar-refractivity contribution in [3.63, 3.8) is 0 Å². The molecule has 3 N–H and O–H groups in total. The van der Waals surface area contributed by atoms with Crippen LogP contribution in [0.2, 0.25) is 0 Å². The second kappa shape index (κ2) is 9.84. The number of halogens is 1. The molecule has 35 heavy (non-hydrogen) atoms. The van der Waals surface area contributed by atoms with Crippen molar-refractivity contribution in [2.75, 3.05) is 6.61 Å². The molecule has 2 heterocycles. The minimum Gasteiger partial charge on any atom is -0.396 e. The number of aliphatic hydroxyl groups is 1. The summed E-state index contributed by atoms with van der Waals surface area (Å²) in [4.78, 5) is 29.4. The molecule has 0 aliphatic heterocycles. The van der Waals surface area contributed by atoms with E-state index < -0.39 is 11.9 Å². The summed E-state index contributed by atoms with van der Waals surface area (Å²) in [5, 5.41) is 16.9. The lowest BCUT2D eigenvalue weighted by Crippen LogP contribution is -2.30. The van der Waals surface area contributed by atoms with Gasteiger partial charge in [-0.15, -0.1) is 0 Å². The zero-order valence-corrected chi connectivity index (χ0v) is 20.2. The van der Waals surface area contributed by atoms with Crippen molar-refractivity contribution in [3.05, 3.63) is 92.8 Å². The standard InChI is InChI=1S/C27H29FN4O3/c1-15(2)23-24(26(34)29-21(11-12-33)18-7-9-20(28)10-8-18)31-32-14-22(30-27(35)25(23)32)19-6-5-16(3)17(4)13-19/h5-10,13-15,21,33H,11-12H2,1-4H3,(H,29,34)(H,30,35). The number of fused-ring (bicyclic) bond motifs is 1. The minimum atomic E-state index is -0.540. The first kappa shape index (κ1) is 24.3. The highest BCUT2D eigenvalue weighted by molar-refractivity contribution is 5.96. The van der Waals surface area contributed by atoms with Crippen LogP contribution in [0, 0.1) is 19.7 Å². The zero-order valence-electron chi connectivity index (χ0n) is 20.2. The number of rotatable bonds is 7. The highest BCUT2D eigenvalue weighted by Crippen LogP contribution is 2.26. The molecule has 0 saturated carbocycles. The number of carbonyl (C=O) groups excluding carboxylic acids is 1. The maximum absolute atomic E-state index is 13.4. The van der Waals surface area contributed by atoms with Gasteiger partial charge in [-0.2, -0.15) is 5.10 Å². The molecule has 7 nitrogen and oxygen atoms in total. The Kier molecular flexibility index (Phi) is 6.84. The van der Waals surface area contributed by atoms with Crippen molar-refractivity contribution in [3.8, 4) is 11.3 Å². The second-order valence-corrected chi connectivity index (χ2v) is 9.10. The highest BCUT2D eigenvalue weighted by Gasteiger charge is 2.26. The average molecular weight is 477 g/mol. The van der Waals surface area contributed by atoms with Gasteiger partial charge in [-0.25, -0.2) is 8.91 Å². The number of hydrogen-bond acceptors (Lipinski definition) is 4. The summed E-state index contributed by atoms with van der Waals surface area (Å²) < 4.78 is 14.8. The molecule has 0 fully saturated rings. The normalized spacial score (nSPS) is 12.3. The number of amides is 1. The van der Waals surface area contributed by atoms with Crippen LogP contribution in [0.5, 0.6) is 0 Å². The summed E-state index contributed by atoms with van der Waals surface area (Å²) in [5.41, 5.74) is 5.03. The molecule has 0 aliphatic carbocycles. The Labute approximate surface area is 202 Å². The van der Waals surface area contributed by atoms with Crippen LogP contribution < -0.4 is 10.9 Å². The van der Waals surface area contributed by atoms with E-state index in [1.54, 1.807) is 18.3 Å². The summed E-state index contributed by atoms with van der Waals surface area (Å²) >= 11 is 0. The van der Waals surface area contributed by atoms with Crippen LogP contribution >= 0.6 is 0 Å². The lowest BCUT2D eigenvalue weighted by atomic mass is 10.00. The third kappa shape index (κ3) is 4.88. The first-order valence-corrected chi connectivity index (χ1v) is 11.6. The van der Waals surface area contributed by atoms with Crippen LogP contribution in [0.3, 0.4) is 0 Å². The van der Waals surface area contributed by atoms with Crippen LogP contribution in [-0.2, 0) is 0 Å². The van der Waals surface area contributed by atoms with E-state index in [4.69, 9.17) is 0 Å². The molecular formula is C27H29FN4O3. The smallest absolute Gasteiger partial charge is 0.274 e. The molecule has 2 aromatic heterocycles. The quantitative estimate of drug-likeness (QED) is 0.368. The minimum absolute atomic E-state index is 0.146. The van der Waals surface area contributed by atoms with Crippen LogP contribution in [0.1, 0.15) is 65.0 Å². The summed E-state index contributed by atoms with van der Waals surface area (Å²) in [6.07, 6.45) is 1.97. The second-order valence-electron chi connectivity index (χ2n) is 9.10. The summed E-state index contributed by atoms with van der Waals surface area (Å²) in [6.45, 7) is 7.66. The van der Waals surface area contributed by atoms with Gasteiger partial charge in [0.2, 0.25) is 0 Å². The fraction of sp³-hybridized carbons (Fsp3) is 0.296. The van der Waals surface area contributed by atoms with Gasteiger partial charge < -0.3 is 15.4 Å². The van der Waals surface area contributed by atoms with Crippen molar-refractivity contribution in [1.82, 2.24) is 19.9 Å². The molecule has 0 radical (unpaired) electrons. The summed E-state index contributed by atoms with van der Waals surface area (Å²) in [5.74, 6) is -1.000. The Morgan fingerprint density at radius 3 is 2.49 bits per heavy atom. The zero-order chi connectivity index (χ0) is 25.3. The number of aryl methyl sites for hydroxylation is 2. The van der Waals surface area contributed by atoms with E-state index in [9.17, 15) is 19.1 Å². The molecule has 4 rings (SSSR count). The SMILES string of the molecule is Cc1ccc(-c2cn3nc(C(=O)NC(CCO)c4ccc(F)cc4)c(C(C)C)c3c(=O)[nH]2)cc1C. The van der Waals surface area contributed by atoms with E-state index in [0.717, 1.165) is 16.7 Å². The Balaban J connectivity index is 1.77. The van der Waals surface area contributed by atoms with E-state index in [1.807, 2.05) is 45.9 Å². The number of aromatic nitrogens is 3. The summed E-state index contributed by atoms with van der Waals surface area (Å²) in [6, 6.07) is 11.1. The average Bonchev–Trinajstić information content (AvgIpc) is 3.22. The fourth-order valence-corrected chi connectivity index (χ4v) is 4.25. The first-order chi connectivity index (χ1) is 16.7. The molecular weight excluding hydrogens is 447 g/mol. The van der Waals surface area contributed by atoms with Crippen LogP contribution in [0.25, 0.3) is 16.8 Å². The Morgan fingerprint density at radius 1 is 1.14 bits per heavy atom. The van der Waals surface area contributed by atoms with E-state index in [2.05, 4.69) is 15.4 Å². The van der Waals surface area contributed by atoms with Crippen molar-refractivity contribution in [1.29, 1.82) is 0 Å². The van der Waals surface area contributed by atoms with Crippen molar-refractivity contribution in [2.24, 2.45) is 0 Å². The molecule has 0 saturated heterocycles. The maximum atomic E-state index is 13.4. The molecule has 0 spiro atoms. The van der Waals surface area contributed by atoms with Gasteiger partial charge >= 0.3 is 0 Å². The van der Waals surface area contributed by atoms with Gasteiger partial charge in [0.05, 0.1) is 17.9 Å². The number of nitrogens with one attached hydrogen (secondary N) is 2. The van der Waals surface area contributed by atoms with Gasteiger partial charge in [-0.05, 0) is 66.6 Å². The van der Waals surface area contributed by atoms with Crippen molar-refractivity contribution in [2.45, 2.75) is 46.1 Å². The predicted octanol–water partition coefficient (Wildman–Crippen LogP) is 4.42. The molecule has 182 valence electrons. The Bertz CT molecular complexity index is 1440. The van der Waals surface area contributed by atoms with Gasteiger partial charge in [-0.1, -0.05) is 38.1 Å². The highest BCUT2D eigenvalue weighted by atomic mass is 19.1. The van der Waals surface area contributed by atoms with Gasteiger partial charge in [-0.3, -0.25) is 9.59 Å². The van der Waals surface area contributed by atoms with E-state index in [-0.39, 0.29) is 36.0 Å². The maximum Gasteiger partial charge on any atom is 0.274 e. The van der Waals surface area contributed by atoms with Crippen LogP contribution in [0.15, 0.2) is 53.5 Å². The van der Waals surface area contributed by atoms with Gasteiger partial charge in [0, 0.05) is 12.2 Å². The first-order valence-electron chi connectivity index (χ1n) is 11.6. The summed E-state index contributed by atoms with van der Waals surface area (Å²) in [7, 11) is 0. The Hall–Kier alpha value is -3.78. The molecule has 1 unspecified atom stereocenters. The Morgan fingerprint density at radius 2 is 1.86 bits per heavy atom. The van der Waals surface area contributed by atoms with E-state index in [0.29, 0.717) is 22.3 Å². The topological polar surface area (TPSA) is 99.5 Å². The van der Waals surface area contributed by atoms with Gasteiger partial charge in [0.1, 0.15) is 11.3 Å². The lowest BCUT2D eigenvalue weighted by molar-refractivity contribution is 0.0923. The number of nitrogens with zero attached hydrogens (tertiary/aromatic N) is 2. The van der Waals surface area contributed by atoms with Crippen molar-refractivity contribution < 1.29 is 14.3 Å². The van der Waals surface area contributed by atoms with Crippen LogP contribution in [-0.4, -0.2) is 32.2 Å². The van der Waals surface area contributed by atoms with Crippen LogP contribution in [0.4, 0.5) is 4.39 Å². The molecule has 4 aromatic rings. The number of benzene rings is 2. The number of aliphatic hydroxyl groups excluding tert-OH is 1. The van der Waals surface area contributed by atoms with E-state index >= 15 is 0 Å². The number of hydrogen-bond donors (Lipinski definition) is 3. The number of aromatic amines is 1. The monoisotopic (exact) mass is 476 g/mol. The van der Waals surface area contributed by atoms with Crippen molar-refractivity contribution >= 4 is 11.4 Å². The number of H-pyrrole nitrogens is 1. The molecule has 0 aliphatic rings. The van der Waals surface area contributed by atoms with Gasteiger partial charge in [0.25, 0.3) is 11.5 Å². The largest absolute Gasteiger partial charge is 0.396 e. The number of carbonyl (C=O) groups is 1. The van der Waals surface area contributed by atoms with E-state index in [1.165, 1.54) is 16.6 Å². The third-order valence-electron chi connectivity index (χ3n) is 6.27.